The third-order valence-corrected chi connectivity index (χ3v) is 7.78. The number of hydrogen-bond donors (Lipinski definition) is 0. The summed E-state index contributed by atoms with van der Waals surface area (Å²) in [4.78, 5) is 0.327. The van der Waals surface area contributed by atoms with E-state index in [9.17, 15) is 16.8 Å². The molecule has 0 aliphatic carbocycles. The first-order valence-electron chi connectivity index (χ1n) is 10.1. The van der Waals surface area contributed by atoms with Gasteiger partial charge in [0.2, 0.25) is 10.0 Å². The molecule has 0 aromatic heterocycles. The summed E-state index contributed by atoms with van der Waals surface area (Å²) in [7, 11) is -7.40. The van der Waals surface area contributed by atoms with Crippen molar-refractivity contribution in [3.63, 3.8) is 0 Å². The maximum atomic E-state index is 13.7. The van der Waals surface area contributed by atoms with Crippen LogP contribution in [0.3, 0.4) is 0 Å². The molecule has 1 atom stereocenters. The summed E-state index contributed by atoms with van der Waals surface area (Å²) in [6, 6.07) is 10.1. The van der Waals surface area contributed by atoms with Gasteiger partial charge in [-0.1, -0.05) is 29.8 Å². The third-order valence-electron chi connectivity index (χ3n) is 5.16. The zero-order valence-corrected chi connectivity index (χ0v) is 19.9. The second-order valence-electron chi connectivity index (χ2n) is 8.09. The highest BCUT2D eigenvalue weighted by molar-refractivity contribution is 7.89. The van der Waals surface area contributed by atoms with Gasteiger partial charge in [0.25, 0.3) is 0 Å². The van der Waals surface area contributed by atoms with Crippen molar-refractivity contribution in [2.45, 2.75) is 51.2 Å². The van der Waals surface area contributed by atoms with Crippen LogP contribution in [-0.2, 0) is 31.4 Å². The van der Waals surface area contributed by atoms with Crippen LogP contribution in [0.2, 0.25) is 0 Å². The zero-order chi connectivity index (χ0) is 22.8. The smallest absolute Gasteiger partial charge is 0.306 e. The topological polar surface area (TPSA) is 90.0 Å². The van der Waals surface area contributed by atoms with Gasteiger partial charge in [0.05, 0.1) is 17.3 Å². The van der Waals surface area contributed by atoms with Crippen LogP contribution in [0.5, 0.6) is 5.75 Å². The van der Waals surface area contributed by atoms with Crippen LogP contribution in [0.15, 0.2) is 41.3 Å². The van der Waals surface area contributed by atoms with Crippen molar-refractivity contribution in [1.29, 1.82) is 0 Å². The largest absolute Gasteiger partial charge is 0.383 e. The summed E-state index contributed by atoms with van der Waals surface area (Å²) in [6.45, 7) is 6.62. The monoisotopic (exact) mass is 467 g/mol. The van der Waals surface area contributed by atoms with E-state index >= 15 is 0 Å². The first kappa shape index (κ1) is 23.7. The molecular formula is C22H29NO6S2. The van der Waals surface area contributed by atoms with Crippen molar-refractivity contribution < 1.29 is 25.8 Å². The van der Waals surface area contributed by atoms with E-state index in [1.807, 2.05) is 32.9 Å². The van der Waals surface area contributed by atoms with E-state index < -0.39 is 20.1 Å². The Morgan fingerprint density at radius 2 is 1.65 bits per heavy atom. The van der Waals surface area contributed by atoms with Crippen molar-refractivity contribution in [2.75, 3.05) is 19.4 Å². The molecule has 7 nitrogen and oxygen atoms in total. The van der Waals surface area contributed by atoms with Crippen LogP contribution in [0, 0.1) is 20.8 Å². The summed E-state index contributed by atoms with van der Waals surface area (Å²) in [6.07, 6.45) is 2.56. The number of benzene rings is 2. The third kappa shape index (κ3) is 6.06. The fourth-order valence-corrected chi connectivity index (χ4v) is 6.33. The van der Waals surface area contributed by atoms with Crippen LogP contribution in [0.1, 0.15) is 35.1 Å². The van der Waals surface area contributed by atoms with Gasteiger partial charge in [0.15, 0.2) is 0 Å². The molecule has 2 aromatic carbocycles. The quantitative estimate of drug-likeness (QED) is 0.553. The highest BCUT2D eigenvalue weighted by atomic mass is 32.2. The molecule has 1 aliphatic rings. The molecule has 31 heavy (non-hydrogen) atoms. The van der Waals surface area contributed by atoms with E-state index in [0.717, 1.165) is 30.2 Å². The first-order valence-corrected chi connectivity index (χ1v) is 13.4. The molecule has 1 unspecified atom stereocenters. The predicted octanol–water partition coefficient (Wildman–Crippen LogP) is 3.32. The highest BCUT2D eigenvalue weighted by Gasteiger charge is 2.31. The summed E-state index contributed by atoms with van der Waals surface area (Å²) in [5.74, 6) is 0.185. The number of hydrogen-bond acceptors (Lipinski definition) is 6. The van der Waals surface area contributed by atoms with Gasteiger partial charge in [-0.3, -0.25) is 0 Å². The molecule has 1 heterocycles. The Kier molecular flexibility index (Phi) is 7.10. The van der Waals surface area contributed by atoms with Crippen LogP contribution >= 0.6 is 0 Å². The molecular weight excluding hydrogens is 438 g/mol. The Bertz CT molecular complexity index is 1110. The Balaban J connectivity index is 1.93. The SMILES string of the molecule is Cc1cc(C)c(S(=O)(=O)N(Cc2ccc(OS(C)(=O)=O)cc2)CC2CCCO2)c(C)c1. The summed E-state index contributed by atoms with van der Waals surface area (Å²) in [5.41, 5.74) is 3.17. The molecule has 0 spiro atoms. The minimum absolute atomic E-state index is 0.145. The number of sulfonamides is 1. The number of ether oxygens (including phenoxy) is 1. The Morgan fingerprint density at radius 3 is 2.16 bits per heavy atom. The summed E-state index contributed by atoms with van der Waals surface area (Å²) < 4.78 is 62.1. The van der Waals surface area contributed by atoms with Crippen LogP contribution in [-0.4, -0.2) is 46.7 Å². The zero-order valence-electron chi connectivity index (χ0n) is 18.3. The second kappa shape index (κ2) is 9.28. The Morgan fingerprint density at radius 1 is 1.03 bits per heavy atom. The standard InChI is InChI=1S/C22H29NO6S2/c1-16-12-17(2)22(18(3)13-16)31(26,27)23(15-21-6-5-11-28-21)14-19-7-9-20(10-8-19)29-30(4,24)25/h7-10,12-13,21H,5-6,11,14-15H2,1-4H3. The first-order chi connectivity index (χ1) is 14.5. The lowest BCUT2D eigenvalue weighted by atomic mass is 10.1. The molecule has 0 bridgehead atoms. The molecule has 0 N–H and O–H groups in total. The molecule has 1 fully saturated rings. The average Bonchev–Trinajstić information content (AvgIpc) is 3.13. The fourth-order valence-electron chi connectivity index (χ4n) is 3.99. The maximum absolute atomic E-state index is 13.7. The van der Waals surface area contributed by atoms with Gasteiger partial charge in [-0.05, 0) is 62.4 Å². The lowest BCUT2D eigenvalue weighted by Crippen LogP contribution is -2.37. The number of rotatable bonds is 8. The molecule has 9 heteroatoms. The normalized spacial score (nSPS) is 17.3. The van der Waals surface area contributed by atoms with Gasteiger partial charge in [0, 0.05) is 19.7 Å². The minimum atomic E-state index is -3.78. The van der Waals surface area contributed by atoms with Crippen molar-refractivity contribution in [3.05, 3.63) is 58.7 Å². The van der Waals surface area contributed by atoms with E-state index in [0.29, 0.717) is 22.6 Å². The van der Waals surface area contributed by atoms with E-state index in [-0.39, 0.29) is 24.9 Å². The minimum Gasteiger partial charge on any atom is -0.383 e. The van der Waals surface area contributed by atoms with Gasteiger partial charge in [-0.25, -0.2) is 8.42 Å². The number of aryl methyl sites for hydroxylation is 3. The molecule has 170 valence electrons. The molecule has 0 saturated carbocycles. The van der Waals surface area contributed by atoms with Gasteiger partial charge >= 0.3 is 10.1 Å². The summed E-state index contributed by atoms with van der Waals surface area (Å²) >= 11 is 0. The van der Waals surface area contributed by atoms with Crippen molar-refractivity contribution >= 4 is 20.1 Å². The lowest BCUT2D eigenvalue weighted by Gasteiger charge is -2.27. The molecule has 2 aromatic rings. The van der Waals surface area contributed by atoms with E-state index in [2.05, 4.69) is 0 Å². The van der Waals surface area contributed by atoms with Gasteiger partial charge < -0.3 is 8.92 Å². The van der Waals surface area contributed by atoms with Gasteiger partial charge in [-0.2, -0.15) is 12.7 Å². The second-order valence-corrected chi connectivity index (χ2v) is 11.5. The molecule has 0 amide bonds. The number of nitrogens with zero attached hydrogens (tertiary/aromatic N) is 1. The fraction of sp³-hybridized carbons (Fsp3) is 0.455. The van der Waals surface area contributed by atoms with Crippen LogP contribution in [0.4, 0.5) is 0 Å². The van der Waals surface area contributed by atoms with Crippen molar-refractivity contribution in [2.24, 2.45) is 0 Å². The predicted molar refractivity (Wildman–Crippen MR) is 119 cm³/mol. The molecule has 3 rings (SSSR count). The van der Waals surface area contributed by atoms with E-state index in [1.165, 1.54) is 16.4 Å². The molecule has 1 saturated heterocycles. The molecule has 0 radical (unpaired) electrons. The van der Waals surface area contributed by atoms with E-state index in [4.69, 9.17) is 8.92 Å². The van der Waals surface area contributed by atoms with Crippen molar-refractivity contribution in [1.82, 2.24) is 4.31 Å². The van der Waals surface area contributed by atoms with Gasteiger partial charge in [0.1, 0.15) is 5.75 Å². The lowest BCUT2D eigenvalue weighted by molar-refractivity contribution is 0.0925. The van der Waals surface area contributed by atoms with Crippen LogP contribution in [0.25, 0.3) is 0 Å². The van der Waals surface area contributed by atoms with Crippen molar-refractivity contribution in [3.8, 4) is 5.75 Å². The highest BCUT2D eigenvalue weighted by Crippen LogP contribution is 2.28. The van der Waals surface area contributed by atoms with Crippen LogP contribution < -0.4 is 4.18 Å². The molecule has 1 aliphatic heterocycles. The van der Waals surface area contributed by atoms with Gasteiger partial charge in [-0.15, -0.1) is 0 Å². The Labute approximate surface area is 185 Å². The summed E-state index contributed by atoms with van der Waals surface area (Å²) in [5, 5.41) is 0. The maximum Gasteiger partial charge on any atom is 0.306 e. The Hall–Kier alpha value is -1.94. The van der Waals surface area contributed by atoms with E-state index in [1.54, 1.807) is 12.1 Å². The average molecular weight is 468 g/mol.